The zero-order valence-electron chi connectivity index (χ0n) is 12.4. The highest BCUT2D eigenvalue weighted by atomic mass is 32.2. The van der Waals surface area contributed by atoms with E-state index < -0.39 is 6.03 Å². The average Bonchev–Trinajstić information content (AvgIpc) is 3.22. The van der Waals surface area contributed by atoms with E-state index in [2.05, 4.69) is 20.8 Å². The van der Waals surface area contributed by atoms with Gasteiger partial charge < -0.3 is 5.32 Å². The second kappa shape index (κ2) is 6.95. The SMILES string of the molecule is C[C@@H](NC(=O)NC(=O)CSc1nncs1)[C@@H]1C[C@H]2CC[C@H]1C2. The fourth-order valence-corrected chi connectivity index (χ4v) is 5.06. The molecule has 3 amide bonds. The molecule has 2 bridgehead atoms. The maximum absolute atomic E-state index is 11.9. The van der Waals surface area contributed by atoms with Gasteiger partial charge in [-0.25, -0.2) is 4.79 Å². The summed E-state index contributed by atoms with van der Waals surface area (Å²) >= 11 is 2.66. The van der Waals surface area contributed by atoms with Crippen LogP contribution in [0.15, 0.2) is 9.85 Å². The number of carbonyl (C=O) groups excluding carboxylic acids is 2. The average molecular weight is 340 g/mol. The lowest BCUT2D eigenvalue weighted by Crippen LogP contribution is -2.47. The number of nitrogens with zero attached hydrogens (tertiary/aromatic N) is 2. The summed E-state index contributed by atoms with van der Waals surface area (Å²) in [6.07, 6.45) is 5.17. The third kappa shape index (κ3) is 3.78. The van der Waals surface area contributed by atoms with Crippen LogP contribution in [0, 0.1) is 17.8 Å². The van der Waals surface area contributed by atoms with Gasteiger partial charge in [-0.05, 0) is 43.9 Å². The molecule has 2 saturated carbocycles. The fraction of sp³-hybridized carbons (Fsp3) is 0.714. The van der Waals surface area contributed by atoms with Crippen molar-refractivity contribution in [1.29, 1.82) is 0 Å². The Morgan fingerprint density at radius 3 is 2.95 bits per heavy atom. The number of thioether (sulfide) groups is 1. The molecule has 0 radical (unpaired) electrons. The van der Waals surface area contributed by atoms with E-state index in [1.165, 1.54) is 48.8 Å². The molecule has 0 aromatic carbocycles. The van der Waals surface area contributed by atoms with Crippen LogP contribution in [-0.2, 0) is 4.79 Å². The number of rotatable bonds is 5. The monoisotopic (exact) mass is 340 g/mol. The van der Waals surface area contributed by atoms with E-state index in [0.29, 0.717) is 5.92 Å². The maximum Gasteiger partial charge on any atom is 0.321 e. The number of urea groups is 1. The normalized spacial score (nSPS) is 27.6. The molecule has 1 aromatic rings. The summed E-state index contributed by atoms with van der Waals surface area (Å²) < 4.78 is 0.728. The Bertz CT molecular complexity index is 537. The minimum atomic E-state index is -0.391. The summed E-state index contributed by atoms with van der Waals surface area (Å²) in [5, 5.41) is 12.9. The van der Waals surface area contributed by atoms with Crippen molar-refractivity contribution >= 4 is 35.0 Å². The van der Waals surface area contributed by atoms with Gasteiger partial charge in [-0.2, -0.15) is 0 Å². The summed E-state index contributed by atoms with van der Waals surface area (Å²) in [6, 6.07) is -0.267. The Labute approximate surface area is 137 Å². The standard InChI is InChI=1S/C14H20N4O2S2/c1-8(11-5-9-2-3-10(11)4-9)16-13(20)17-12(19)6-21-14-18-15-7-22-14/h7-11H,2-6H2,1H3,(H2,16,17,19,20)/t8-,9+,10+,11+/m1/s1. The molecular weight excluding hydrogens is 320 g/mol. The molecule has 0 saturated heterocycles. The molecule has 8 heteroatoms. The molecule has 0 aliphatic heterocycles. The van der Waals surface area contributed by atoms with Crippen LogP contribution in [0.4, 0.5) is 4.79 Å². The molecule has 4 atom stereocenters. The van der Waals surface area contributed by atoms with E-state index in [4.69, 9.17) is 0 Å². The lowest BCUT2D eigenvalue weighted by atomic mass is 9.84. The predicted molar refractivity (Wildman–Crippen MR) is 85.7 cm³/mol. The summed E-state index contributed by atoms with van der Waals surface area (Å²) in [5.41, 5.74) is 1.62. The fourth-order valence-electron chi connectivity index (χ4n) is 3.77. The number of amides is 3. The number of nitrogens with one attached hydrogen (secondary N) is 2. The highest BCUT2D eigenvalue weighted by Crippen LogP contribution is 2.49. The Kier molecular flexibility index (Phi) is 4.97. The van der Waals surface area contributed by atoms with Crippen molar-refractivity contribution < 1.29 is 9.59 Å². The van der Waals surface area contributed by atoms with Gasteiger partial charge >= 0.3 is 6.03 Å². The van der Waals surface area contributed by atoms with Crippen LogP contribution in [0.2, 0.25) is 0 Å². The molecule has 2 fully saturated rings. The summed E-state index contributed by atoms with van der Waals surface area (Å²) in [7, 11) is 0. The van der Waals surface area contributed by atoms with Gasteiger partial charge in [-0.3, -0.25) is 10.1 Å². The number of fused-ring (bicyclic) bond motifs is 2. The first-order valence-electron chi connectivity index (χ1n) is 7.61. The molecule has 0 unspecified atom stereocenters. The van der Waals surface area contributed by atoms with E-state index in [1.54, 1.807) is 5.51 Å². The molecule has 2 N–H and O–H groups in total. The smallest absolute Gasteiger partial charge is 0.321 e. The van der Waals surface area contributed by atoms with Crippen LogP contribution < -0.4 is 10.6 Å². The third-order valence-electron chi connectivity index (χ3n) is 4.71. The Hall–Kier alpha value is -1.15. The van der Waals surface area contributed by atoms with Gasteiger partial charge in [0.15, 0.2) is 4.34 Å². The Balaban J connectivity index is 1.39. The van der Waals surface area contributed by atoms with Gasteiger partial charge in [-0.15, -0.1) is 10.2 Å². The summed E-state index contributed by atoms with van der Waals surface area (Å²) in [5.74, 6) is 2.04. The second-order valence-electron chi connectivity index (χ2n) is 6.14. The first kappa shape index (κ1) is 15.7. The number of carbonyl (C=O) groups is 2. The second-order valence-corrected chi connectivity index (χ2v) is 8.20. The van der Waals surface area contributed by atoms with Crippen molar-refractivity contribution in [2.45, 2.75) is 43.0 Å². The quantitative estimate of drug-likeness (QED) is 0.804. The molecule has 22 heavy (non-hydrogen) atoms. The van der Waals surface area contributed by atoms with Gasteiger partial charge in [0.2, 0.25) is 5.91 Å². The van der Waals surface area contributed by atoms with Gasteiger partial charge in [0.05, 0.1) is 5.75 Å². The van der Waals surface area contributed by atoms with Gasteiger partial charge in [0.1, 0.15) is 5.51 Å². The Morgan fingerprint density at radius 2 is 2.32 bits per heavy atom. The summed E-state index contributed by atoms with van der Waals surface area (Å²) in [6.45, 7) is 2.05. The van der Waals surface area contributed by atoms with Crippen molar-refractivity contribution in [3.05, 3.63) is 5.51 Å². The van der Waals surface area contributed by atoms with E-state index in [-0.39, 0.29) is 17.7 Å². The predicted octanol–water partition coefficient (Wildman–Crippen LogP) is 2.28. The van der Waals surface area contributed by atoms with E-state index >= 15 is 0 Å². The molecule has 3 rings (SSSR count). The van der Waals surface area contributed by atoms with E-state index in [9.17, 15) is 9.59 Å². The Morgan fingerprint density at radius 1 is 1.45 bits per heavy atom. The minimum absolute atomic E-state index is 0.124. The molecule has 1 heterocycles. The molecule has 2 aliphatic carbocycles. The third-order valence-corrected chi connectivity index (χ3v) is 6.57. The van der Waals surface area contributed by atoms with Crippen LogP contribution in [0.25, 0.3) is 0 Å². The maximum atomic E-state index is 11.9. The minimum Gasteiger partial charge on any atom is -0.335 e. The number of hydrogen-bond donors (Lipinski definition) is 2. The van der Waals surface area contributed by atoms with Crippen LogP contribution in [0.5, 0.6) is 0 Å². The largest absolute Gasteiger partial charge is 0.335 e. The van der Waals surface area contributed by atoms with Crippen LogP contribution >= 0.6 is 23.1 Å². The topological polar surface area (TPSA) is 84.0 Å². The van der Waals surface area contributed by atoms with Gasteiger partial charge in [0.25, 0.3) is 0 Å². The highest BCUT2D eigenvalue weighted by Gasteiger charge is 2.42. The van der Waals surface area contributed by atoms with E-state index in [0.717, 1.165) is 16.2 Å². The molecule has 0 spiro atoms. The molecule has 120 valence electrons. The van der Waals surface area contributed by atoms with Crippen molar-refractivity contribution in [3.63, 3.8) is 0 Å². The van der Waals surface area contributed by atoms with Gasteiger partial charge in [0, 0.05) is 6.04 Å². The highest BCUT2D eigenvalue weighted by molar-refractivity contribution is 8.01. The molecule has 1 aromatic heterocycles. The number of aromatic nitrogens is 2. The van der Waals surface area contributed by atoms with E-state index in [1.807, 2.05) is 6.92 Å². The zero-order chi connectivity index (χ0) is 15.5. The molecule has 2 aliphatic rings. The summed E-state index contributed by atoms with van der Waals surface area (Å²) in [4.78, 5) is 23.7. The lowest BCUT2D eigenvalue weighted by Gasteiger charge is -2.28. The van der Waals surface area contributed by atoms with Crippen molar-refractivity contribution in [1.82, 2.24) is 20.8 Å². The van der Waals surface area contributed by atoms with Crippen molar-refractivity contribution in [2.75, 3.05) is 5.75 Å². The zero-order valence-corrected chi connectivity index (χ0v) is 14.1. The van der Waals surface area contributed by atoms with Crippen LogP contribution in [-0.4, -0.2) is 33.9 Å². The lowest BCUT2D eigenvalue weighted by molar-refractivity contribution is -0.117. The molecule has 6 nitrogen and oxygen atoms in total. The van der Waals surface area contributed by atoms with Crippen LogP contribution in [0.1, 0.15) is 32.6 Å². The number of imide groups is 1. The van der Waals surface area contributed by atoms with Crippen LogP contribution in [0.3, 0.4) is 0 Å². The first-order chi connectivity index (χ1) is 10.6. The number of hydrogen-bond acceptors (Lipinski definition) is 6. The first-order valence-corrected chi connectivity index (χ1v) is 9.47. The molecular formula is C14H20N4O2S2. The van der Waals surface area contributed by atoms with Crippen molar-refractivity contribution in [2.24, 2.45) is 17.8 Å². The van der Waals surface area contributed by atoms with Gasteiger partial charge in [-0.1, -0.05) is 29.5 Å². The van der Waals surface area contributed by atoms with Crippen molar-refractivity contribution in [3.8, 4) is 0 Å².